The Hall–Kier alpha value is -3.14. The van der Waals surface area contributed by atoms with Gasteiger partial charge in [-0.1, -0.05) is 31.5 Å². The van der Waals surface area contributed by atoms with Crippen molar-refractivity contribution in [1.29, 1.82) is 0 Å². The molecular weight excluding hydrogens is 499 g/mol. The number of hydrogen-bond acceptors (Lipinski definition) is 5. The lowest BCUT2D eigenvalue weighted by Gasteiger charge is -2.35. The van der Waals surface area contributed by atoms with Gasteiger partial charge in [0.1, 0.15) is 5.82 Å². The number of imidazole rings is 1. The minimum absolute atomic E-state index is 0.0474. The van der Waals surface area contributed by atoms with Crippen LogP contribution in [0.5, 0.6) is 0 Å². The maximum Gasteiger partial charge on any atom is 0.332 e. The van der Waals surface area contributed by atoms with Crippen molar-refractivity contribution in [3.05, 3.63) is 55.4 Å². The van der Waals surface area contributed by atoms with Crippen LogP contribution in [0.25, 0.3) is 11.2 Å². The normalized spacial score (nSPS) is 16.1. The predicted octanol–water partition coefficient (Wildman–Crippen LogP) is 3.00. The van der Waals surface area contributed by atoms with Gasteiger partial charge in [-0.05, 0) is 37.3 Å². The number of nitrogens with zero attached hydrogens (tertiary/aromatic N) is 6. The van der Waals surface area contributed by atoms with Gasteiger partial charge < -0.3 is 9.80 Å². The molecule has 0 saturated carbocycles. The summed E-state index contributed by atoms with van der Waals surface area (Å²) < 4.78 is 18.8. The lowest BCUT2D eigenvalue weighted by Crippen LogP contribution is -2.45. The number of aryl methyl sites for hydroxylation is 1. The van der Waals surface area contributed by atoms with Crippen LogP contribution < -0.4 is 16.1 Å². The van der Waals surface area contributed by atoms with Crippen molar-refractivity contribution >= 4 is 34.6 Å². The molecule has 0 radical (unpaired) electrons. The molecule has 1 aromatic carbocycles. The van der Waals surface area contributed by atoms with E-state index in [2.05, 4.69) is 13.8 Å². The van der Waals surface area contributed by atoms with E-state index < -0.39 is 17.1 Å². The molecule has 9 nitrogen and oxygen atoms in total. The van der Waals surface area contributed by atoms with Crippen molar-refractivity contribution < 1.29 is 9.18 Å². The van der Waals surface area contributed by atoms with Crippen LogP contribution >= 0.6 is 11.6 Å². The number of halogens is 2. The molecule has 3 heterocycles. The molecule has 2 aromatic heterocycles. The second-order valence-electron chi connectivity index (χ2n) is 10.3. The maximum absolute atomic E-state index is 14.8. The number of piperidine rings is 1. The number of amides is 1. The smallest absolute Gasteiger partial charge is 0.332 e. The number of fused-ring (bicyclic) bond motifs is 1. The van der Waals surface area contributed by atoms with Crippen molar-refractivity contribution in [2.24, 2.45) is 25.9 Å². The summed E-state index contributed by atoms with van der Waals surface area (Å²) in [6.45, 7) is 5.92. The SMILES string of the molecule is CC(C)CCN(C)C(=O)C1CCCN(c2nc3c(c(=O)n(C)c(=O)n3C)n2Cc2c(F)cccc2Cl)C1. The van der Waals surface area contributed by atoms with Crippen molar-refractivity contribution in [2.45, 2.75) is 39.7 Å². The molecule has 4 rings (SSSR count). The van der Waals surface area contributed by atoms with E-state index in [9.17, 15) is 18.8 Å². The summed E-state index contributed by atoms with van der Waals surface area (Å²) in [4.78, 5) is 47.5. The Bertz CT molecular complexity index is 1420. The fraction of sp³-hybridized carbons (Fsp3) is 0.538. The van der Waals surface area contributed by atoms with Crippen molar-refractivity contribution in [3.63, 3.8) is 0 Å². The highest BCUT2D eigenvalue weighted by Crippen LogP contribution is 2.29. The summed E-state index contributed by atoms with van der Waals surface area (Å²) in [5.41, 5.74) is -0.420. The zero-order chi connectivity index (χ0) is 27.0. The Kier molecular flexibility index (Phi) is 7.77. The van der Waals surface area contributed by atoms with E-state index in [1.165, 1.54) is 23.7 Å². The molecule has 11 heteroatoms. The van der Waals surface area contributed by atoms with Gasteiger partial charge in [-0.25, -0.2) is 9.18 Å². The topological polar surface area (TPSA) is 85.4 Å². The van der Waals surface area contributed by atoms with Crippen LogP contribution in [0.4, 0.5) is 10.3 Å². The first kappa shape index (κ1) is 26.9. The molecule has 0 N–H and O–H groups in total. The lowest BCUT2D eigenvalue weighted by molar-refractivity contribution is -0.134. The van der Waals surface area contributed by atoms with Crippen molar-refractivity contribution in [3.8, 4) is 0 Å². The highest BCUT2D eigenvalue weighted by molar-refractivity contribution is 6.31. The maximum atomic E-state index is 14.8. The predicted molar refractivity (Wildman–Crippen MR) is 143 cm³/mol. The monoisotopic (exact) mass is 532 g/mol. The van der Waals surface area contributed by atoms with Crippen LogP contribution in [-0.2, 0) is 25.4 Å². The highest BCUT2D eigenvalue weighted by atomic mass is 35.5. The number of benzene rings is 1. The van der Waals surface area contributed by atoms with Crippen LogP contribution in [0, 0.1) is 17.7 Å². The molecule has 1 amide bonds. The largest absolute Gasteiger partial charge is 0.345 e. The first-order chi connectivity index (χ1) is 17.5. The van der Waals surface area contributed by atoms with Gasteiger partial charge in [-0.2, -0.15) is 4.98 Å². The van der Waals surface area contributed by atoms with Gasteiger partial charge in [0, 0.05) is 51.4 Å². The summed E-state index contributed by atoms with van der Waals surface area (Å²) in [6, 6.07) is 4.43. The van der Waals surface area contributed by atoms with Crippen LogP contribution in [0.1, 0.15) is 38.7 Å². The van der Waals surface area contributed by atoms with Gasteiger partial charge in [0.15, 0.2) is 11.2 Å². The van der Waals surface area contributed by atoms with E-state index >= 15 is 0 Å². The standard InChI is InChI=1S/C26H34ClFN6O3/c1-16(2)11-13-30(3)23(35)17-8-7-12-33(14-17)25-29-22-21(24(36)32(5)26(37)31(22)4)34(25)15-18-19(27)9-6-10-20(18)28/h6,9-10,16-17H,7-8,11-15H2,1-5H3. The van der Waals surface area contributed by atoms with Crippen molar-refractivity contribution in [1.82, 2.24) is 23.6 Å². The number of hydrogen-bond donors (Lipinski definition) is 0. The molecule has 1 saturated heterocycles. The Morgan fingerprint density at radius 3 is 2.65 bits per heavy atom. The molecule has 1 unspecified atom stereocenters. The molecule has 3 aromatic rings. The summed E-state index contributed by atoms with van der Waals surface area (Å²) in [7, 11) is 4.78. The van der Waals surface area contributed by atoms with Gasteiger partial charge in [-0.3, -0.25) is 23.3 Å². The first-order valence-corrected chi connectivity index (χ1v) is 13.0. The molecule has 1 aliphatic heterocycles. The lowest BCUT2D eigenvalue weighted by atomic mass is 9.96. The Morgan fingerprint density at radius 2 is 1.97 bits per heavy atom. The summed E-state index contributed by atoms with van der Waals surface area (Å²) in [6.07, 6.45) is 2.44. The van der Waals surface area contributed by atoms with Crippen molar-refractivity contribution in [2.75, 3.05) is 31.6 Å². The molecule has 0 spiro atoms. The number of rotatable bonds is 7. The second kappa shape index (κ2) is 10.7. The van der Waals surface area contributed by atoms with E-state index in [-0.39, 0.29) is 40.1 Å². The highest BCUT2D eigenvalue weighted by Gasteiger charge is 2.32. The third-order valence-corrected chi connectivity index (χ3v) is 7.53. The molecule has 1 atom stereocenters. The average molecular weight is 533 g/mol. The average Bonchev–Trinajstić information content (AvgIpc) is 3.26. The van der Waals surface area contributed by atoms with Gasteiger partial charge in [0.2, 0.25) is 11.9 Å². The van der Waals surface area contributed by atoms with E-state index in [4.69, 9.17) is 16.6 Å². The van der Waals surface area contributed by atoms with E-state index in [0.29, 0.717) is 31.5 Å². The van der Waals surface area contributed by atoms with Crippen LogP contribution in [0.2, 0.25) is 5.02 Å². The fourth-order valence-corrected chi connectivity index (χ4v) is 5.12. The first-order valence-electron chi connectivity index (χ1n) is 12.6. The van der Waals surface area contributed by atoms with Gasteiger partial charge in [-0.15, -0.1) is 0 Å². The summed E-state index contributed by atoms with van der Waals surface area (Å²) in [5, 5.41) is 0.230. The third-order valence-electron chi connectivity index (χ3n) is 7.18. The van der Waals surface area contributed by atoms with Gasteiger partial charge in [0.25, 0.3) is 5.56 Å². The van der Waals surface area contributed by atoms with Crippen LogP contribution in [0.15, 0.2) is 27.8 Å². The Balaban J connectivity index is 1.79. The zero-order valence-electron chi connectivity index (χ0n) is 22.0. The zero-order valence-corrected chi connectivity index (χ0v) is 22.8. The minimum Gasteiger partial charge on any atom is -0.345 e. The molecule has 37 heavy (non-hydrogen) atoms. The number of anilines is 1. The fourth-order valence-electron chi connectivity index (χ4n) is 4.90. The number of aromatic nitrogens is 4. The Labute approximate surface area is 220 Å². The molecule has 1 fully saturated rings. The quantitative estimate of drug-likeness (QED) is 0.467. The summed E-state index contributed by atoms with van der Waals surface area (Å²) >= 11 is 6.34. The number of carbonyl (C=O) groups excluding carboxylic acids is 1. The van der Waals surface area contributed by atoms with Crippen LogP contribution in [0.3, 0.4) is 0 Å². The van der Waals surface area contributed by atoms with Gasteiger partial charge >= 0.3 is 5.69 Å². The molecular formula is C26H34ClFN6O3. The van der Waals surface area contributed by atoms with E-state index in [0.717, 1.165) is 23.8 Å². The molecule has 0 aliphatic carbocycles. The molecule has 1 aliphatic rings. The molecule has 0 bridgehead atoms. The second-order valence-corrected chi connectivity index (χ2v) is 10.7. The van der Waals surface area contributed by atoms with E-state index in [1.807, 2.05) is 11.9 Å². The third kappa shape index (κ3) is 5.16. The number of carbonyl (C=O) groups is 1. The minimum atomic E-state index is -0.526. The molecule has 200 valence electrons. The van der Waals surface area contributed by atoms with E-state index in [1.54, 1.807) is 22.6 Å². The Morgan fingerprint density at radius 1 is 1.24 bits per heavy atom. The summed E-state index contributed by atoms with van der Waals surface area (Å²) in [5.74, 6) is 0.254. The van der Waals surface area contributed by atoms with Crippen LogP contribution in [-0.4, -0.2) is 56.2 Å². The van der Waals surface area contributed by atoms with Gasteiger partial charge in [0.05, 0.1) is 12.5 Å².